The highest BCUT2D eigenvalue weighted by atomic mass is 35.5. The first-order valence-electron chi connectivity index (χ1n) is 6.32. The fraction of sp³-hybridized carbons (Fsp3) is 0.308. The van der Waals surface area contributed by atoms with Crippen molar-refractivity contribution in [3.63, 3.8) is 0 Å². The van der Waals surface area contributed by atoms with Gasteiger partial charge >= 0.3 is 0 Å². The van der Waals surface area contributed by atoms with E-state index in [1.807, 2.05) is 27.0 Å². The van der Waals surface area contributed by atoms with Crippen molar-refractivity contribution in [2.24, 2.45) is 7.05 Å². The number of aromatic nitrogens is 6. The molecule has 0 spiro atoms. The molecule has 0 bridgehead atoms. The van der Waals surface area contributed by atoms with E-state index in [1.54, 1.807) is 10.9 Å². The lowest BCUT2D eigenvalue weighted by atomic mass is 10.4. The van der Waals surface area contributed by atoms with Crippen molar-refractivity contribution < 1.29 is 0 Å². The van der Waals surface area contributed by atoms with Crippen molar-refractivity contribution in [1.29, 1.82) is 0 Å². The standard InChI is InChI=1S/C13H13ClN6S/c1-7-4-8(2)17-13(16-7)21-6-10-18-11(14)9-5-15-20(3)12(9)19-10/h4-5H,6H2,1-3H3. The van der Waals surface area contributed by atoms with E-state index in [0.29, 0.717) is 16.7 Å². The molecule has 3 aromatic rings. The molecule has 8 heteroatoms. The van der Waals surface area contributed by atoms with Gasteiger partial charge in [-0.15, -0.1) is 0 Å². The van der Waals surface area contributed by atoms with Crippen LogP contribution in [0.5, 0.6) is 0 Å². The Morgan fingerprint density at radius 3 is 2.57 bits per heavy atom. The molecule has 21 heavy (non-hydrogen) atoms. The third-order valence-electron chi connectivity index (χ3n) is 2.88. The number of rotatable bonds is 3. The van der Waals surface area contributed by atoms with Gasteiger partial charge in [-0.2, -0.15) is 5.10 Å². The van der Waals surface area contributed by atoms with Crippen LogP contribution < -0.4 is 0 Å². The number of aryl methyl sites for hydroxylation is 3. The van der Waals surface area contributed by atoms with Crippen molar-refractivity contribution in [3.8, 4) is 0 Å². The molecular weight excluding hydrogens is 308 g/mol. The lowest BCUT2D eigenvalue weighted by molar-refractivity contribution is 0.782. The molecule has 0 N–H and O–H groups in total. The predicted octanol–water partition coefficient (Wildman–Crippen LogP) is 2.72. The Labute approximate surface area is 131 Å². The van der Waals surface area contributed by atoms with E-state index >= 15 is 0 Å². The molecule has 0 atom stereocenters. The molecular formula is C13H13ClN6S. The number of thioether (sulfide) groups is 1. The Hall–Kier alpha value is -1.73. The average molecular weight is 321 g/mol. The summed E-state index contributed by atoms with van der Waals surface area (Å²) in [7, 11) is 1.83. The van der Waals surface area contributed by atoms with E-state index in [0.717, 1.165) is 27.6 Å². The van der Waals surface area contributed by atoms with Crippen molar-refractivity contribution >= 4 is 34.4 Å². The Bertz CT molecular complexity index is 796. The molecule has 0 fully saturated rings. The molecule has 0 saturated carbocycles. The normalized spacial score (nSPS) is 11.2. The second-order valence-electron chi connectivity index (χ2n) is 4.66. The van der Waals surface area contributed by atoms with Crippen molar-refractivity contribution in [2.75, 3.05) is 0 Å². The van der Waals surface area contributed by atoms with Crippen LogP contribution in [0, 0.1) is 13.8 Å². The molecule has 3 heterocycles. The summed E-state index contributed by atoms with van der Waals surface area (Å²) < 4.78 is 1.68. The smallest absolute Gasteiger partial charge is 0.188 e. The van der Waals surface area contributed by atoms with Crippen LogP contribution >= 0.6 is 23.4 Å². The van der Waals surface area contributed by atoms with Crippen molar-refractivity contribution in [2.45, 2.75) is 24.8 Å². The minimum absolute atomic E-state index is 0.421. The van der Waals surface area contributed by atoms with Gasteiger partial charge in [0.25, 0.3) is 0 Å². The second-order valence-corrected chi connectivity index (χ2v) is 5.96. The van der Waals surface area contributed by atoms with Gasteiger partial charge < -0.3 is 0 Å². The zero-order chi connectivity index (χ0) is 15.0. The summed E-state index contributed by atoms with van der Waals surface area (Å²) in [5.41, 5.74) is 2.63. The largest absolute Gasteiger partial charge is 0.250 e. The fourth-order valence-electron chi connectivity index (χ4n) is 1.98. The monoisotopic (exact) mass is 320 g/mol. The van der Waals surface area contributed by atoms with E-state index in [4.69, 9.17) is 11.6 Å². The molecule has 0 amide bonds. The van der Waals surface area contributed by atoms with Crippen molar-refractivity contribution in [1.82, 2.24) is 29.7 Å². The maximum atomic E-state index is 6.16. The molecule has 0 radical (unpaired) electrons. The summed E-state index contributed by atoms with van der Waals surface area (Å²) in [5.74, 6) is 1.20. The van der Waals surface area contributed by atoms with Crippen LogP contribution in [0.25, 0.3) is 11.0 Å². The highest BCUT2D eigenvalue weighted by molar-refractivity contribution is 7.98. The van der Waals surface area contributed by atoms with Crippen LogP contribution in [0.3, 0.4) is 0 Å². The first kappa shape index (κ1) is 14.2. The van der Waals surface area contributed by atoms with Gasteiger partial charge in [0.05, 0.1) is 17.3 Å². The summed E-state index contributed by atoms with van der Waals surface area (Å²) >= 11 is 7.65. The molecule has 3 rings (SSSR count). The van der Waals surface area contributed by atoms with Gasteiger partial charge in [-0.3, -0.25) is 4.68 Å². The number of nitrogens with zero attached hydrogens (tertiary/aromatic N) is 6. The van der Waals surface area contributed by atoms with Gasteiger partial charge in [-0.25, -0.2) is 19.9 Å². The predicted molar refractivity (Wildman–Crippen MR) is 82.4 cm³/mol. The molecule has 108 valence electrons. The van der Waals surface area contributed by atoms with Crippen LogP contribution in [0.15, 0.2) is 17.4 Å². The summed E-state index contributed by atoms with van der Waals surface area (Å²) in [6.45, 7) is 3.90. The molecule has 6 nitrogen and oxygen atoms in total. The lowest BCUT2D eigenvalue weighted by Crippen LogP contribution is -1.99. The highest BCUT2D eigenvalue weighted by Gasteiger charge is 2.11. The topological polar surface area (TPSA) is 69.4 Å². The average Bonchev–Trinajstić information content (AvgIpc) is 2.78. The molecule has 0 aromatic carbocycles. The third-order valence-corrected chi connectivity index (χ3v) is 4.02. The van der Waals surface area contributed by atoms with Crippen LogP contribution in [0.2, 0.25) is 5.15 Å². The summed E-state index contributed by atoms with van der Waals surface area (Å²) in [6, 6.07) is 1.94. The lowest BCUT2D eigenvalue weighted by Gasteiger charge is -2.04. The van der Waals surface area contributed by atoms with E-state index in [-0.39, 0.29) is 0 Å². The van der Waals surface area contributed by atoms with Gasteiger partial charge in [0.2, 0.25) is 0 Å². The number of fused-ring (bicyclic) bond motifs is 1. The van der Waals surface area contributed by atoms with Crippen LogP contribution in [0.1, 0.15) is 17.2 Å². The third kappa shape index (κ3) is 2.98. The Morgan fingerprint density at radius 1 is 1.14 bits per heavy atom. The number of hydrogen-bond donors (Lipinski definition) is 0. The molecule has 3 aromatic heterocycles. The maximum absolute atomic E-state index is 6.16. The Kier molecular flexibility index (Phi) is 3.77. The van der Waals surface area contributed by atoms with Gasteiger partial charge in [0, 0.05) is 18.4 Å². The zero-order valence-electron chi connectivity index (χ0n) is 11.8. The van der Waals surface area contributed by atoms with Gasteiger partial charge in [0.15, 0.2) is 10.8 Å². The zero-order valence-corrected chi connectivity index (χ0v) is 13.4. The SMILES string of the molecule is Cc1cc(C)nc(SCc2nc(Cl)c3cnn(C)c3n2)n1. The number of halogens is 1. The minimum atomic E-state index is 0.421. The first-order chi connectivity index (χ1) is 10.0. The van der Waals surface area contributed by atoms with Crippen LogP contribution in [0.4, 0.5) is 0 Å². The number of hydrogen-bond acceptors (Lipinski definition) is 6. The maximum Gasteiger partial charge on any atom is 0.188 e. The second kappa shape index (κ2) is 5.57. The summed E-state index contributed by atoms with van der Waals surface area (Å²) in [4.78, 5) is 17.6. The first-order valence-corrected chi connectivity index (χ1v) is 7.68. The van der Waals surface area contributed by atoms with Gasteiger partial charge in [-0.1, -0.05) is 23.4 Å². The molecule has 0 aliphatic heterocycles. The molecule has 0 aliphatic carbocycles. The quantitative estimate of drug-likeness (QED) is 0.420. The molecule has 0 saturated heterocycles. The Balaban J connectivity index is 1.86. The van der Waals surface area contributed by atoms with Gasteiger partial charge in [-0.05, 0) is 19.9 Å². The summed E-state index contributed by atoms with van der Waals surface area (Å²) in [5, 5.41) is 6.04. The van der Waals surface area contributed by atoms with Crippen LogP contribution in [-0.4, -0.2) is 29.7 Å². The molecule has 0 aliphatic rings. The van der Waals surface area contributed by atoms with E-state index < -0.39 is 0 Å². The van der Waals surface area contributed by atoms with Gasteiger partial charge in [0.1, 0.15) is 11.0 Å². The van der Waals surface area contributed by atoms with Crippen molar-refractivity contribution in [3.05, 3.63) is 34.6 Å². The van der Waals surface area contributed by atoms with E-state index in [1.165, 1.54) is 11.8 Å². The van der Waals surface area contributed by atoms with E-state index in [9.17, 15) is 0 Å². The summed E-state index contributed by atoms with van der Waals surface area (Å²) in [6.07, 6.45) is 1.67. The fourth-order valence-corrected chi connectivity index (χ4v) is 3.02. The Morgan fingerprint density at radius 2 is 1.86 bits per heavy atom. The van der Waals surface area contributed by atoms with Crippen LogP contribution in [-0.2, 0) is 12.8 Å². The highest BCUT2D eigenvalue weighted by Crippen LogP contribution is 2.23. The minimum Gasteiger partial charge on any atom is -0.250 e. The van der Waals surface area contributed by atoms with E-state index in [2.05, 4.69) is 25.0 Å². The molecule has 0 unspecified atom stereocenters.